The molecule has 8 nitrogen and oxygen atoms in total. The van der Waals surface area contributed by atoms with Gasteiger partial charge in [0.1, 0.15) is 22.9 Å². The first-order valence-corrected chi connectivity index (χ1v) is 12.0. The number of ether oxygens (including phenoxy) is 2. The Hall–Kier alpha value is -3.01. The number of hydrogen-bond acceptors (Lipinski definition) is 7. The lowest BCUT2D eigenvalue weighted by atomic mass is 10.2. The van der Waals surface area contributed by atoms with Gasteiger partial charge in [-0.1, -0.05) is 24.3 Å². The van der Waals surface area contributed by atoms with Crippen LogP contribution in [0.15, 0.2) is 60.7 Å². The van der Waals surface area contributed by atoms with E-state index >= 15 is 0 Å². The molecule has 3 rings (SSSR count). The van der Waals surface area contributed by atoms with Crippen LogP contribution in [0.4, 0.5) is 0 Å². The summed E-state index contributed by atoms with van der Waals surface area (Å²) in [6.45, 7) is 3.52. The van der Waals surface area contributed by atoms with E-state index < -0.39 is 21.4 Å². The molecule has 0 fully saturated rings. The Bertz CT molecular complexity index is 1080. The van der Waals surface area contributed by atoms with Crippen molar-refractivity contribution in [1.82, 2.24) is 14.5 Å². The van der Waals surface area contributed by atoms with Gasteiger partial charge in [0.15, 0.2) is 0 Å². The largest absolute Gasteiger partial charge is 0.497 e. The Labute approximate surface area is 194 Å². The van der Waals surface area contributed by atoms with Gasteiger partial charge in [-0.3, -0.25) is 0 Å². The highest BCUT2D eigenvalue weighted by molar-refractivity contribution is 7.89. The fourth-order valence-corrected chi connectivity index (χ4v) is 4.90. The number of aliphatic hydroxyl groups is 1. The summed E-state index contributed by atoms with van der Waals surface area (Å²) in [6, 6.07) is 17.7. The predicted molar refractivity (Wildman–Crippen MR) is 125 cm³/mol. The Balaban J connectivity index is 1.91. The number of benzene rings is 2. The fourth-order valence-electron chi connectivity index (χ4n) is 3.31. The molecule has 33 heavy (non-hydrogen) atoms. The van der Waals surface area contributed by atoms with Gasteiger partial charge in [0.05, 0.1) is 25.6 Å². The molecule has 1 N–H and O–H groups in total. The molecule has 3 aromatic rings. The third-order valence-corrected chi connectivity index (χ3v) is 7.61. The first-order chi connectivity index (χ1) is 15.7. The van der Waals surface area contributed by atoms with E-state index in [1.165, 1.54) is 11.2 Å². The summed E-state index contributed by atoms with van der Waals surface area (Å²) >= 11 is 0. The van der Waals surface area contributed by atoms with Crippen molar-refractivity contribution in [1.29, 1.82) is 0 Å². The zero-order chi connectivity index (χ0) is 24.0. The van der Waals surface area contributed by atoms with Gasteiger partial charge >= 0.3 is 0 Å². The van der Waals surface area contributed by atoms with Gasteiger partial charge in [-0.15, -0.1) is 0 Å². The van der Waals surface area contributed by atoms with Crippen LogP contribution in [0.1, 0.15) is 35.5 Å². The second kappa shape index (κ2) is 10.7. The van der Waals surface area contributed by atoms with E-state index in [9.17, 15) is 13.5 Å². The Morgan fingerprint density at radius 1 is 0.848 bits per heavy atom. The minimum Gasteiger partial charge on any atom is -0.497 e. The summed E-state index contributed by atoms with van der Waals surface area (Å²) in [7, 11) is -0.782. The van der Waals surface area contributed by atoms with Crippen LogP contribution >= 0.6 is 0 Å². The standard InChI is InChI=1S/C24H29N3O5S/c1-17-5-14-23(26-25-17)24(28)18(2)33(29,30)27(15-19-6-10-21(31-3)11-7-19)16-20-8-12-22(32-4)13-9-20/h5-14,18,24,28H,15-16H2,1-4H3/t18-,24+/m0/s1. The molecule has 0 saturated carbocycles. The SMILES string of the molecule is COc1ccc(CN(Cc2ccc(OC)cc2)S(=O)(=O)[C@@H](C)[C@@H](O)c2ccc(C)nn2)cc1. The number of aliphatic hydroxyl groups excluding tert-OH is 1. The van der Waals surface area contributed by atoms with Gasteiger partial charge in [-0.2, -0.15) is 14.5 Å². The number of nitrogens with zero attached hydrogens (tertiary/aromatic N) is 3. The van der Waals surface area contributed by atoms with Crippen LogP contribution in [-0.2, 0) is 23.1 Å². The molecular formula is C24H29N3O5S. The van der Waals surface area contributed by atoms with Crippen LogP contribution in [0.3, 0.4) is 0 Å². The fraction of sp³-hybridized carbons (Fsp3) is 0.333. The van der Waals surface area contributed by atoms with Crippen LogP contribution < -0.4 is 9.47 Å². The maximum absolute atomic E-state index is 13.6. The predicted octanol–water partition coefficient (Wildman–Crippen LogP) is 3.26. The van der Waals surface area contributed by atoms with E-state index in [0.717, 1.165) is 11.1 Å². The summed E-state index contributed by atoms with van der Waals surface area (Å²) in [6.07, 6.45) is -1.32. The van der Waals surface area contributed by atoms with Crippen molar-refractivity contribution in [3.63, 3.8) is 0 Å². The molecule has 9 heteroatoms. The molecule has 2 atom stereocenters. The minimum absolute atomic E-state index is 0.134. The number of rotatable bonds is 10. The number of methoxy groups -OCH3 is 2. The second-order valence-corrected chi connectivity index (χ2v) is 10.0. The average Bonchev–Trinajstić information content (AvgIpc) is 2.84. The smallest absolute Gasteiger partial charge is 0.220 e. The highest BCUT2D eigenvalue weighted by atomic mass is 32.2. The molecule has 176 valence electrons. The number of hydrogen-bond donors (Lipinski definition) is 1. The van der Waals surface area contributed by atoms with Crippen molar-refractivity contribution in [2.75, 3.05) is 14.2 Å². The lowest BCUT2D eigenvalue weighted by molar-refractivity contribution is 0.166. The van der Waals surface area contributed by atoms with Crippen molar-refractivity contribution in [2.24, 2.45) is 0 Å². The lowest BCUT2D eigenvalue weighted by Crippen LogP contribution is -2.39. The normalized spacial score (nSPS) is 13.5. The maximum atomic E-state index is 13.6. The van der Waals surface area contributed by atoms with E-state index in [4.69, 9.17) is 9.47 Å². The molecular weight excluding hydrogens is 442 g/mol. The Morgan fingerprint density at radius 3 is 1.73 bits per heavy atom. The summed E-state index contributed by atoms with van der Waals surface area (Å²) < 4.78 is 39.0. The molecule has 0 aliphatic rings. The molecule has 0 bridgehead atoms. The Morgan fingerprint density at radius 2 is 1.33 bits per heavy atom. The molecule has 2 aromatic carbocycles. The van der Waals surface area contributed by atoms with E-state index in [1.54, 1.807) is 57.5 Å². The van der Waals surface area contributed by atoms with E-state index in [0.29, 0.717) is 17.2 Å². The van der Waals surface area contributed by atoms with Gasteiger partial charge in [0.25, 0.3) is 0 Å². The van der Waals surface area contributed by atoms with E-state index in [1.807, 2.05) is 24.3 Å². The molecule has 0 aliphatic heterocycles. The second-order valence-electron chi connectivity index (χ2n) is 7.76. The van der Waals surface area contributed by atoms with Gasteiger partial charge in [0.2, 0.25) is 10.0 Å². The quantitative estimate of drug-likeness (QED) is 0.484. The first kappa shape index (κ1) is 24.6. The van der Waals surface area contributed by atoms with Crippen LogP contribution in [0.2, 0.25) is 0 Å². The molecule has 1 aromatic heterocycles. The van der Waals surface area contributed by atoms with Crippen molar-refractivity contribution in [2.45, 2.75) is 38.3 Å². The molecule has 0 radical (unpaired) electrons. The van der Waals surface area contributed by atoms with E-state index in [-0.39, 0.29) is 18.8 Å². The average molecular weight is 472 g/mol. The third kappa shape index (κ3) is 6.07. The van der Waals surface area contributed by atoms with Crippen LogP contribution in [0, 0.1) is 6.92 Å². The zero-order valence-electron chi connectivity index (χ0n) is 19.2. The van der Waals surface area contributed by atoms with Crippen molar-refractivity contribution < 1.29 is 23.0 Å². The van der Waals surface area contributed by atoms with Crippen molar-refractivity contribution in [3.8, 4) is 11.5 Å². The molecule has 0 spiro atoms. The lowest BCUT2D eigenvalue weighted by Gasteiger charge is -2.28. The molecule has 0 saturated heterocycles. The molecule has 0 unspecified atom stereocenters. The summed E-state index contributed by atoms with van der Waals surface area (Å²) in [5.74, 6) is 1.37. The van der Waals surface area contributed by atoms with Crippen LogP contribution in [0.25, 0.3) is 0 Å². The number of sulfonamides is 1. The van der Waals surface area contributed by atoms with Gasteiger partial charge < -0.3 is 14.6 Å². The number of aryl methyl sites for hydroxylation is 1. The maximum Gasteiger partial charge on any atom is 0.220 e. The molecule has 0 aliphatic carbocycles. The topological polar surface area (TPSA) is 102 Å². The van der Waals surface area contributed by atoms with Gasteiger partial charge in [0, 0.05) is 13.1 Å². The number of aromatic nitrogens is 2. The molecule has 1 heterocycles. The highest BCUT2D eigenvalue weighted by Gasteiger charge is 2.35. The zero-order valence-corrected chi connectivity index (χ0v) is 20.0. The highest BCUT2D eigenvalue weighted by Crippen LogP contribution is 2.26. The van der Waals surface area contributed by atoms with Gasteiger partial charge in [-0.05, 0) is 61.4 Å². The van der Waals surface area contributed by atoms with E-state index in [2.05, 4.69) is 10.2 Å². The van der Waals surface area contributed by atoms with Gasteiger partial charge in [-0.25, -0.2) is 8.42 Å². The Kier molecular flexibility index (Phi) is 8.01. The summed E-state index contributed by atoms with van der Waals surface area (Å²) in [5.41, 5.74) is 2.49. The molecule has 0 amide bonds. The summed E-state index contributed by atoms with van der Waals surface area (Å²) in [5, 5.41) is 17.6. The van der Waals surface area contributed by atoms with Crippen molar-refractivity contribution >= 4 is 10.0 Å². The summed E-state index contributed by atoms with van der Waals surface area (Å²) in [4.78, 5) is 0. The first-order valence-electron chi connectivity index (χ1n) is 10.5. The third-order valence-electron chi connectivity index (χ3n) is 5.43. The van der Waals surface area contributed by atoms with Crippen LogP contribution in [-0.4, -0.2) is 47.5 Å². The van der Waals surface area contributed by atoms with Crippen LogP contribution in [0.5, 0.6) is 11.5 Å². The van der Waals surface area contributed by atoms with Crippen molar-refractivity contribution in [3.05, 3.63) is 83.2 Å². The monoisotopic (exact) mass is 471 g/mol. The minimum atomic E-state index is -3.93.